The van der Waals surface area contributed by atoms with Crippen molar-refractivity contribution in [2.24, 2.45) is 5.10 Å². The Labute approximate surface area is 178 Å². The maximum Gasteiger partial charge on any atom is 0.186 e. The van der Waals surface area contributed by atoms with Crippen LogP contribution in [-0.2, 0) is 6.61 Å². The quantitative estimate of drug-likeness (QED) is 0.326. The van der Waals surface area contributed by atoms with Crippen molar-refractivity contribution in [3.63, 3.8) is 0 Å². The van der Waals surface area contributed by atoms with Crippen LogP contribution in [0.3, 0.4) is 0 Å². The van der Waals surface area contributed by atoms with Crippen molar-refractivity contribution >= 4 is 51.1 Å². The van der Waals surface area contributed by atoms with Gasteiger partial charge >= 0.3 is 0 Å². The van der Waals surface area contributed by atoms with Crippen molar-refractivity contribution in [2.75, 3.05) is 13.2 Å². The van der Waals surface area contributed by atoms with Crippen LogP contribution in [0.5, 0.6) is 11.5 Å². The lowest BCUT2D eigenvalue weighted by Gasteiger charge is -2.14. The van der Waals surface area contributed by atoms with Crippen LogP contribution in [0, 0.1) is 0 Å². The molecule has 0 radical (unpaired) electrons. The van der Waals surface area contributed by atoms with Gasteiger partial charge in [-0.25, -0.2) is 0 Å². The highest BCUT2D eigenvalue weighted by Gasteiger charge is 2.12. The van der Waals surface area contributed by atoms with Crippen molar-refractivity contribution in [1.82, 2.24) is 10.7 Å². The molecule has 2 aromatic rings. The van der Waals surface area contributed by atoms with Gasteiger partial charge in [-0.1, -0.05) is 39.7 Å². The summed E-state index contributed by atoms with van der Waals surface area (Å²) in [6.07, 6.45) is 1.62. The average Bonchev–Trinajstić information content (AvgIpc) is 2.63. The van der Waals surface area contributed by atoms with Gasteiger partial charge < -0.3 is 14.8 Å². The zero-order valence-corrected chi connectivity index (χ0v) is 18.2. The fourth-order valence-corrected chi connectivity index (χ4v) is 2.90. The first-order valence-corrected chi connectivity index (χ1v) is 10.0. The molecule has 0 amide bonds. The Bertz CT molecular complexity index is 800. The van der Waals surface area contributed by atoms with E-state index >= 15 is 0 Å². The van der Waals surface area contributed by atoms with Gasteiger partial charge in [-0.05, 0) is 61.5 Å². The molecule has 8 heteroatoms. The van der Waals surface area contributed by atoms with Gasteiger partial charge in [0.2, 0.25) is 0 Å². The number of thiocarbonyl (C=S) groups is 1. The predicted octanol–water partition coefficient (Wildman–Crippen LogP) is 4.90. The fraction of sp³-hybridized carbons (Fsp3) is 0.263. The summed E-state index contributed by atoms with van der Waals surface area (Å²) in [6.45, 7) is 5.47. The van der Waals surface area contributed by atoms with Gasteiger partial charge in [0.15, 0.2) is 16.6 Å². The number of hydrazone groups is 1. The summed E-state index contributed by atoms with van der Waals surface area (Å²) in [4.78, 5) is 0. The van der Waals surface area contributed by atoms with Crippen LogP contribution in [0.25, 0.3) is 0 Å². The van der Waals surface area contributed by atoms with Crippen LogP contribution in [0.4, 0.5) is 0 Å². The first-order valence-electron chi connectivity index (χ1n) is 8.44. The molecule has 0 aliphatic carbocycles. The lowest BCUT2D eigenvalue weighted by Crippen LogP contribution is -2.31. The van der Waals surface area contributed by atoms with Gasteiger partial charge in [-0.15, -0.1) is 0 Å². The van der Waals surface area contributed by atoms with E-state index in [0.717, 1.165) is 22.1 Å². The van der Waals surface area contributed by atoms with Crippen LogP contribution in [0.2, 0.25) is 5.02 Å². The summed E-state index contributed by atoms with van der Waals surface area (Å²) in [7, 11) is 0. The lowest BCUT2D eigenvalue weighted by atomic mass is 10.2. The van der Waals surface area contributed by atoms with E-state index in [9.17, 15) is 0 Å². The summed E-state index contributed by atoms with van der Waals surface area (Å²) >= 11 is 14.9. The van der Waals surface area contributed by atoms with Crippen LogP contribution >= 0.6 is 39.7 Å². The molecule has 0 aliphatic heterocycles. The van der Waals surface area contributed by atoms with Crippen LogP contribution in [0.15, 0.2) is 46.0 Å². The van der Waals surface area contributed by atoms with Crippen molar-refractivity contribution < 1.29 is 9.47 Å². The molecule has 0 atom stereocenters. The average molecular weight is 471 g/mol. The third-order valence-corrected chi connectivity index (χ3v) is 4.39. The second-order valence-corrected chi connectivity index (χ2v) is 7.14. The number of rotatable bonds is 8. The van der Waals surface area contributed by atoms with E-state index < -0.39 is 0 Å². The SMILES string of the molecule is CCNC(=S)N/N=C\c1cc(Cl)c(OCc2ccc(Br)cc2)c(OCC)c1. The minimum absolute atomic E-state index is 0.388. The van der Waals surface area contributed by atoms with Gasteiger partial charge in [0.25, 0.3) is 0 Å². The Morgan fingerprint density at radius 3 is 2.63 bits per heavy atom. The van der Waals surface area contributed by atoms with Crippen molar-refractivity contribution in [3.05, 3.63) is 57.0 Å². The highest BCUT2D eigenvalue weighted by molar-refractivity contribution is 9.10. The maximum atomic E-state index is 6.42. The van der Waals surface area contributed by atoms with E-state index in [1.165, 1.54) is 0 Å². The van der Waals surface area contributed by atoms with Gasteiger partial charge in [0.1, 0.15) is 6.61 Å². The van der Waals surface area contributed by atoms with E-state index in [1.54, 1.807) is 12.3 Å². The predicted molar refractivity (Wildman–Crippen MR) is 118 cm³/mol. The Balaban J connectivity index is 2.13. The second kappa shape index (κ2) is 11.1. The highest BCUT2D eigenvalue weighted by Crippen LogP contribution is 2.37. The first-order chi connectivity index (χ1) is 13.0. The van der Waals surface area contributed by atoms with Crippen LogP contribution in [-0.4, -0.2) is 24.5 Å². The smallest absolute Gasteiger partial charge is 0.186 e. The molecule has 0 saturated carbocycles. The summed E-state index contributed by atoms with van der Waals surface area (Å²) in [5.74, 6) is 1.08. The lowest BCUT2D eigenvalue weighted by molar-refractivity contribution is 0.269. The van der Waals surface area contributed by atoms with Crippen molar-refractivity contribution in [1.29, 1.82) is 0 Å². The Hall–Kier alpha value is -1.83. The zero-order chi connectivity index (χ0) is 19.6. The molecule has 2 aromatic carbocycles. The van der Waals surface area contributed by atoms with E-state index in [2.05, 4.69) is 31.8 Å². The molecular weight excluding hydrogens is 450 g/mol. The summed E-state index contributed by atoms with van der Waals surface area (Å²) in [5, 5.41) is 7.96. The van der Waals surface area contributed by atoms with Crippen molar-refractivity contribution in [2.45, 2.75) is 20.5 Å². The molecule has 2 rings (SSSR count). The molecule has 144 valence electrons. The summed E-state index contributed by atoms with van der Waals surface area (Å²) < 4.78 is 12.6. The molecule has 0 saturated heterocycles. The highest BCUT2D eigenvalue weighted by atomic mass is 79.9. The van der Waals surface area contributed by atoms with E-state index in [0.29, 0.717) is 34.8 Å². The number of hydrogen-bond acceptors (Lipinski definition) is 4. The minimum Gasteiger partial charge on any atom is -0.490 e. The molecular formula is C19H21BrClN3O2S. The summed E-state index contributed by atoms with van der Waals surface area (Å²) in [5.41, 5.74) is 4.54. The molecule has 2 N–H and O–H groups in total. The van der Waals surface area contributed by atoms with E-state index in [-0.39, 0.29) is 0 Å². The Kier molecular flexibility index (Phi) is 8.84. The number of benzene rings is 2. The molecule has 0 aromatic heterocycles. The van der Waals surface area contributed by atoms with Gasteiger partial charge in [-0.2, -0.15) is 5.10 Å². The normalized spacial score (nSPS) is 10.7. The number of ether oxygens (including phenoxy) is 2. The van der Waals surface area contributed by atoms with Crippen LogP contribution < -0.4 is 20.2 Å². The number of nitrogens with zero attached hydrogens (tertiary/aromatic N) is 1. The standard InChI is InChI=1S/C19H21BrClN3O2S/c1-3-22-19(27)24-23-11-14-9-16(21)18(17(10-14)25-4-2)26-12-13-5-7-15(20)8-6-13/h5-11H,3-4,12H2,1-2H3,(H2,22,24,27)/b23-11-. The van der Waals surface area contributed by atoms with Crippen LogP contribution in [0.1, 0.15) is 25.0 Å². The van der Waals surface area contributed by atoms with Crippen molar-refractivity contribution in [3.8, 4) is 11.5 Å². The topological polar surface area (TPSA) is 54.9 Å². The van der Waals surface area contributed by atoms with Gasteiger partial charge in [0.05, 0.1) is 17.8 Å². The third kappa shape index (κ3) is 7.01. The second-order valence-electron chi connectivity index (χ2n) is 5.41. The Morgan fingerprint density at radius 2 is 1.96 bits per heavy atom. The van der Waals surface area contributed by atoms with Gasteiger partial charge in [-0.3, -0.25) is 5.43 Å². The molecule has 0 aliphatic rings. The summed E-state index contributed by atoms with van der Waals surface area (Å²) in [6, 6.07) is 11.5. The number of halogens is 2. The monoisotopic (exact) mass is 469 g/mol. The van der Waals surface area contributed by atoms with E-state index in [4.69, 9.17) is 33.3 Å². The minimum atomic E-state index is 0.388. The molecule has 0 heterocycles. The Morgan fingerprint density at radius 1 is 1.22 bits per heavy atom. The number of hydrogen-bond donors (Lipinski definition) is 2. The zero-order valence-electron chi connectivity index (χ0n) is 15.1. The largest absolute Gasteiger partial charge is 0.490 e. The molecule has 0 unspecified atom stereocenters. The molecule has 0 spiro atoms. The van der Waals surface area contributed by atoms with Gasteiger partial charge in [0, 0.05) is 11.0 Å². The van der Waals surface area contributed by atoms with E-state index in [1.807, 2.05) is 44.2 Å². The molecule has 27 heavy (non-hydrogen) atoms. The number of nitrogens with one attached hydrogen (secondary N) is 2. The third-order valence-electron chi connectivity index (χ3n) is 3.35. The maximum absolute atomic E-state index is 6.42. The molecule has 0 fully saturated rings. The molecule has 5 nitrogen and oxygen atoms in total. The molecule has 0 bridgehead atoms. The fourth-order valence-electron chi connectivity index (χ4n) is 2.17. The first kappa shape index (κ1) is 21.5.